The number of nitrogens with one attached hydrogen (secondary N) is 1. The Balaban J connectivity index is 2.01. The van der Waals surface area contributed by atoms with E-state index in [-0.39, 0.29) is 0 Å². The van der Waals surface area contributed by atoms with E-state index in [1.807, 2.05) is 0 Å². The standard InChI is InChI=1S/C10H19N3/c1-7-4-9(3)13(6-7)10-11-5-8(2)12-10/h7-9H,4-6H2,1-3H3,(H,11,12). The summed E-state index contributed by atoms with van der Waals surface area (Å²) in [4.78, 5) is 6.93. The van der Waals surface area contributed by atoms with Crippen molar-refractivity contribution in [1.29, 1.82) is 0 Å². The fraction of sp³-hybridized carbons (Fsp3) is 0.900. The topological polar surface area (TPSA) is 27.6 Å². The van der Waals surface area contributed by atoms with Gasteiger partial charge in [0, 0.05) is 18.6 Å². The van der Waals surface area contributed by atoms with E-state index in [1.165, 1.54) is 13.0 Å². The first kappa shape index (κ1) is 8.85. The van der Waals surface area contributed by atoms with Gasteiger partial charge in [-0.2, -0.15) is 0 Å². The highest BCUT2D eigenvalue weighted by Crippen LogP contribution is 2.22. The van der Waals surface area contributed by atoms with Crippen molar-refractivity contribution in [3.63, 3.8) is 0 Å². The molecule has 3 nitrogen and oxygen atoms in total. The second-order valence-corrected chi connectivity index (χ2v) is 4.55. The third kappa shape index (κ3) is 1.64. The largest absolute Gasteiger partial charge is 0.352 e. The Labute approximate surface area is 80.2 Å². The summed E-state index contributed by atoms with van der Waals surface area (Å²) in [5, 5.41) is 3.42. The Morgan fingerprint density at radius 1 is 1.38 bits per heavy atom. The molecule has 13 heavy (non-hydrogen) atoms. The van der Waals surface area contributed by atoms with Crippen molar-refractivity contribution in [2.45, 2.75) is 39.3 Å². The van der Waals surface area contributed by atoms with Crippen molar-refractivity contribution < 1.29 is 0 Å². The van der Waals surface area contributed by atoms with Gasteiger partial charge in [0.15, 0.2) is 5.96 Å². The molecule has 0 aromatic carbocycles. The van der Waals surface area contributed by atoms with Crippen LogP contribution in [-0.4, -0.2) is 36.0 Å². The molecule has 0 saturated carbocycles. The lowest BCUT2D eigenvalue weighted by molar-refractivity contribution is 0.398. The quantitative estimate of drug-likeness (QED) is 0.605. The highest BCUT2D eigenvalue weighted by molar-refractivity contribution is 5.82. The van der Waals surface area contributed by atoms with Crippen LogP contribution in [0, 0.1) is 5.92 Å². The average Bonchev–Trinajstić information content (AvgIpc) is 2.58. The first-order valence-electron chi connectivity index (χ1n) is 5.24. The minimum absolute atomic E-state index is 0.526. The van der Waals surface area contributed by atoms with Gasteiger partial charge in [-0.15, -0.1) is 0 Å². The smallest absolute Gasteiger partial charge is 0.194 e. The van der Waals surface area contributed by atoms with Gasteiger partial charge in [-0.25, -0.2) is 0 Å². The zero-order valence-electron chi connectivity index (χ0n) is 8.75. The molecule has 3 atom stereocenters. The molecule has 1 N–H and O–H groups in total. The number of aliphatic imine (C=N–C) groups is 1. The first-order valence-corrected chi connectivity index (χ1v) is 5.24. The maximum Gasteiger partial charge on any atom is 0.194 e. The summed E-state index contributed by atoms with van der Waals surface area (Å²) in [6.07, 6.45) is 1.30. The molecule has 2 rings (SSSR count). The van der Waals surface area contributed by atoms with E-state index in [1.54, 1.807) is 0 Å². The SMILES string of the molecule is CC1CC(C)N(C2=NCC(C)N2)C1. The molecule has 0 spiro atoms. The predicted molar refractivity (Wildman–Crippen MR) is 54.8 cm³/mol. The zero-order chi connectivity index (χ0) is 9.42. The van der Waals surface area contributed by atoms with Crippen LogP contribution >= 0.6 is 0 Å². The molecule has 0 aromatic heterocycles. The van der Waals surface area contributed by atoms with E-state index in [4.69, 9.17) is 0 Å². The molecule has 0 bridgehead atoms. The van der Waals surface area contributed by atoms with Crippen LogP contribution in [0.25, 0.3) is 0 Å². The zero-order valence-corrected chi connectivity index (χ0v) is 8.75. The molecule has 3 heteroatoms. The molecule has 0 radical (unpaired) electrons. The van der Waals surface area contributed by atoms with Crippen molar-refractivity contribution in [3.05, 3.63) is 0 Å². The maximum atomic E-state index is 4.52. The molecule has 0 amide bonds. The molecule has 2 aliphatic rings. The van der Waals surface area contributed by atoms with Crippen LogP contribution in [0.5, 0.6) is 0 Å². The molecule has 3 unspecified atom stereocenters. The normalized spacial score (nSPS) is 39.2. The van der Waals surface area contributed by atoms with Gasteiger partial charge in [0.2, 0.25) is 0 Å². The van der Waals surface area contributed by atoms with Crippen molar-refractivity contribution in [1.82, 2.24) is 10.2 Å². The van der Waals surface area contributed by atoms with Crippen LogP contribution in [0.4, 0.5) is 0 Å². The fourth-order valence-electron chi connectivity index (χ4n) is 2.30. The van der Waals surface area contributed by atoms with Crippen molar-refractivity contribution in [2.24, 2.45) is 10.9 Å². The van der Waals surface area contributed by atoms with E-state index >= 15 is 0 Å². The number of hydrogen-bond acceptors (Lipinski definition) is 3. The number of likely N-dealkylation sites (tertiary alicyclic amines) is 1. The van der Waals surface area contributed by atoms with Crippen LogP contribution in [-0.2, 0) is 0 Å². The summed E-state index contributed by atoms with van der Waals surface area (Å²) < 4.78 is 0. The van der Waals surface area contributed by atoms with Crippen molar-refractivity contribution >= 4 is 5.96 Å². The molecule has 1 saturated heterocycles. The third-order valence-electron chi connectivity index (χ3n) is 2.95. The van der Waals surface area contributed by atoms with Gasteiger partial charge in [-0.3, -0.25) is 4.99 Å². The Hall–Kier alpha value is -0.730. The van der Waals surface area contributed by atoms with Gasteiger partial charge in [0.25, 0.3) is 0 Å². The Morgan fingerprint density at radius 3 is 2.62 bits per heavy atom. The van der Waals surface area contributed by atoms with Crippen LogP contribution in [0.3, 0.4) is 0 Å². The Morgan fingerprint density at radius 2 is 2.15 bits per heavy atom. The van der Waals surface area contributed by atoms with E-state index in [0.717, 1.165) is 18.4 Å². The monoisotopic (exact) mass is 181 g/mol. The molecule has 2 heterocycles. The molecule has 0 aliphatic carbocycles. The average molecular weight is 181 g/mol. The number of nitrogens with zero attached hydrogens (tertiary/aromatic N) is 2. The van der Waals surface area contributed by atoms with Crippen molar-refractivity contribution in [3.8, 4) is 0 Å². The molecular weight excluding hydrogens is 162 g/mol. The number of guanidine groups is 1. The fourth-order valence-corrected chi connectivity index (χ4v) is 2.30. The van der Waals surface area contributed by atoms with Crippen molar-refractivity contribution in [2.75, 3.05) is 13.1 Å². The van der Waals surface area contributed by atoms with Gasteiger partial charge in [0.1, 0.15) is 0 Å². The lowest BCUT2D eigenvalue weighted by Gasteiger charge is -2.24. The second-order valence-electron chi connectivity index (χ2n) is 4.55. The lowest BCUT2D eigenvalue weighted by atomic mass is 10.1. The number of rotatable bonds is 0. The lowest BCUT2D eigenvalue weighted by Crippen LogP contribution is -2.43. The predicted octanol–water partition coefficient (Wildman–Crippen LogP) is 1.06. The van der Waals surface area contributed by atoms with E-state index in [2.05, 4.69) is 36.0 Å². The summed E-state index contributed by atoms with van der Waals surface area (Å²) in [5.41, 5.74) is 0. The summed E-state index contributed by atoms with van der Waals surface area (Å²) >= 11 is 0. The van der Waals surface area contributed by atoms with Crippen LogP contribution in [0.2, 0.25) is 0 Å². The highest BCUT2D eigenvalue weighted by atomic mass is 15.4. The molecule has 0 aromatic rings. The summed E-state index contributed by atoms with van der Waals surface area (Å²) in [5.74, 6) is 1.94. The highest BCUT2D eigenvalue weighted by Gasteiger charge is 2.30. The minimum atomic E-state index is 0.526. The van der Waals surface area contributed by atoms with E-state index < -0.39 is 0 Å². The minimum Gasteiger partial charge on any atom is -0.352 e. The molecular formula is C10H19N3. The summed E-state index contributed by atoms with van der Waals surface area (Å²) in [6, 6.07) is 1.18. The van der Waals surface area contributed by atoms with Gasteiger partial charge in [-0.1, -0.05) is 6.92 Å². The van der Waals surface area contributed by atoms with E-state index in [9.17, 15) is 0 Å². The van der Waals surface area contributed by atoms with E-state index in [0.29, 0.717) is 12.1 Å². The number of hydrogen-bond donors (Lipinski definition) is 1. The maximum absolute atomic E-state index is 4.52. The van der Waals surface area contributed by atoms with Gasteiger partial charge in [-0.05, 0) is 26.2 Å². The van der Waals surface area contributed by atoms with Gasteiger partial charge in [0.05, 0.1) is 6.54 Å². The molecule has 2 aliphatic heterocycles. The van der Waals surface area contributed by atoms with Crippen LogP contribution < -0.4 is 5.32 Å². The van der Waals surface area contributed by atoms with Gasteiger partial charge < -0.3 is 10.2 Å². The Kier molecular flexibility index (Phi) is 2.18. The summed E-state index contributed by atoms with van der Waals surface area (Å²) in [6.45, 7) is 8.89. The first-order chi connectivity index (χ1) is 6.16. The second kappa shape index (κ2) is 3.20. The van der Waals surface area contributed by atoms with Crippen LogP contribution in [0.15, 0.2) is 4.99 Å². The van der Waals surface area contributed by atoms with Crippen LogP contribution in [0.1, 0.15) is 27.2 Å². The Bertz CT molecular complexity index is 224. The third-order valence-corrected chi connectivity index (χ3v) is 2.95. The molecule has 74 valence electrons. The summed E-state index contributed by atoms with van der Waals surface area (Å²) in [7, 11) is 0. The molecule has 1 fully saturated rings. The van der Waals surface area contributed by atoms with Gasteiger partial charge >= 0.3 is 0 Å².